The Hall–Kier alpha value is -1.30. The molecule has 0 amide bonds. The third-order valence-electron chi connectivity index (χ3n) is 1.41. The molecule has 6 heteroatoms. The molecule has 0 aliphatic carbocycles. The molecule has 12 heavy (non-hydrogen) atoms. The maximum atomic E-state index is 4.08. The van der Waals surface area contributed by atoms with Gasteiger partial charge in [-0.25, -0.2) is 9.97 Å². The first-order valence-corrected chi connectivity index (χ1v) is 4.32. The Morgan fingerprint density at radius 2 is 2.33 bits per heavy atom. The number of fused-ring (bicyclic) bond motifs is 1. The standard InChI is InChI=1S/C6H7N5S/c1-2-7-5-4-6(9-3-8-5)11-12-10-4/h3H,2H2,1H3,(H,7,8,9,11). The average molecular weight is 181 g/mol. The first kappa shape index (κ1) is 7.35. The van der Waals surface area contributed by atoms with Crippen molar-refractivity contribution in [2.45, 2.75) is 6.92 Å². The zero-order valence-corrected chi connectivity index (χ0v) is 7.30. The maximum absolute atomic E-state index is 4.08. The molecule has 0 fully saturated rings. The van der Waals surface area contributed by atoms with Crippen molar-refractivity contribution in [2.75, 3.05) is 11.9 Å². The molecule has 62 valence electrons. The van der Waals surface area contributed by atoms with Gasteiger partial charge in [0.1, 0.15) is 6.33 Å². The zero-order chi connectivity index (χ0) is 8.39. The van der Waals surface area contributed by atoms with Gasteiger partial charge in [0.25, 0.3) is 0 Å². The molecule has 0 atom stereocenters. The van der Waals surface area contributed by atoms with E-state index >= 15 is 0 Å². The fourth-order valence-corrected chi connectivity index (χ4v) is 1.42. The summed E-state index contributed by atoms with van der Waals surface area (Å²) in [6.07, 6.45) is 1.49. The second-order valence-corrected chi connectivity index (χ2v) is 2.72. The van der Waals surface area contributed by atoms with Crippen LogP contribution in [0.25, 0.3) is 11.2 Å². The number of hydrogen-bond donors (Lipinski definition) is 1. The van der Waals surface area contributed by atoms with Crippen LogP contribution in [0.1, 0.15) is 6.92 Å². The molecule has 0 radical (unpaired) electrons. The molecule has 1 N–H and O–H groups in total. The molecule has 0 unspecified atom stereocenters. The third-order valence-corrected chi connectivity index (χ3v) is 1.93. The van der Waals surface area contributed by atoms with E-state index in [1.165, 1.54) is 6.33 Å². The van der Waals surface area contributed by atoms with E-state index in [9.17, 15) is 0 Å². The molecule has 2 heterocycles. The first-order chi connectivity index (χ1) is 5.92. The normalized spacial score (nSPS) is 10.4. The van der Waals surface area contributed by atoms with Crippen LogP contribution in [0.4, 0.5) is 5.82 Å². The SMILES string of the molecule is CCNc1ncnc2nsnc12. The quantitative estimate of drug-likeness (QED) is 0.746. The number of nitrogens with one attached hydrogen (secondary N) is 1. The van der Waals surface area contributed by atoms with E-state index in [4.69, 9.17) is 0 Å². The highest BCUT2D eigenvalue weighted by atomic mass is 32.1. The van der Waals surface area contributed by atoms with E-state index in [-0.39, 0.29) is 0 Å². The molecule has 2 aromatic heterocycles. The first-order valence-electron chi connectivity index (χ1n) is 3.59. The minimum Gasteiger partial charge on any atom is -0.368 e. The van der Waals surface area contributed by atoms with Gasteiger partial charge in [-0.05, 0) is 6.92 Å². The average Bonchev–Trinajstić information content (AvgIpc) is 2.53. The highest BCUT2D eigenvalue weighted by Gasteiger charge is 2.05. The van der Waals surface area contributed by atoms with Crippen LogP contribution < -0.4 is 5.32 Å². The van der Waals surface area contributed by atoms with Crippen molar-refractivity contribution in [1.29, 1.82) is 0 Å². The fourth-order valence-electron chi connectivity index (χ4n) is 0.917. The summed E-state index contributed by atoms with van der Waals surface area (Å²) < 4.78 is 8.08. The van der Waals surface area contributed by atoms with Gasteiger partial charge in [-0.15, -0.1) is 0 Å². The Kier molecular flexibility index (Phi) is 1.83. The van der Waals surface area contributed by atoms with Gasteiger partial charge < -0.3 is 5.32 Å². The third kappa shape index (κ3) is 1.10. The van der Waals surface area contributed by atoms with Crippen LogP contribution in [-0.2, 0) is 0 Å². The minimum absolute atomic E-state index is 0.658. The summed E-state index contributed by atoms with van der Waals surface area (Å²) in [5.41, 5.74) is 1.41. The highest BCUT2D eigenvalue weighted by molar-refractivity contribution is 7.00. The molecule has 2 aromatic rings. The van der Waals surface area contributed by atoms with Crippen LogP contribution in [0.15, 0.2) is 6.33 Å². The van der Waals surface area contributed by atoms with E-state index in [0.29, 0.717) is 5.65 Å². The smallest absolute Gasteiger partial charge is 0.198 e. The second kappa shape index (κ2) is 2.98. The topological polar surface area (TPSA) is 63.6 Å². The van der Waals surface area contributed by atoms with E-state index in [1.54, 1.807) is 0 Å². The number of rotatable bonds is 2. The summed E-state index contributed by atoms with van der Waals surface area (Å²) in [7, 11) is 0. The molecule has 2 rings (SSSR count). The molecule has 0 saturated heterocycles. The van der Waals surface area contributed by atoms with Crippen molar-refractivity contribution in [3.8, 4) is 0 Å². The Labute approximate surface area is 73.2 Å². The van der Waals surface area contributed by atoms with Crippen molar-refractivity contribution < 1.29 is 0 Å². The molecule has 0 spiro atoms. The molecule has 0 bridgehead atoms. The van der Waals surface area contributed by atoms with Crippen LogP contribution in [-0.4, -0.2) is 25.3 Å². The Morgan fingerprint density at radius 1 is 1.42 bits per heavy atom. The molecular weight excluding hydrogens is 174 g/mol. The predicted octanol–water partition coefficient (Wildman–Crippen LogP) is 0.913. The Morgan fingerprint density at radius 3 is 3.17 bits per heavy atom. The van der Waals surface area contributed by atoms with Gasteiger partial charge in [-0.1, -0.05) is 0 Å². The highest BCUT2D eigenvalue weighted by Crippen LogP contribution is 2.15. The van der Waals surface area contributed by atoms with Crippen LogP contribution >= 0.6 is 11.7 Å². The number of hydrogen-bond acceptors (Lipinski definition) is 6. The largest absolute Gasteiger partial charge is 0.368 e. The minimum atomic E-state index is 0.658. The Bertz CT molecular complexity index is 384. The van der Waals surface area contributed by atoms with Crippen LogP contribution in [0, 0.1) is 0 Å². The number of aromatic nitrogens is 4. The van der Waals surface area contributed by atoms with Gasteiger partial charge in [0.05, 0.1) is 11.7 Å². The Balaban J connectivity index is 2.57. The van der Waals surface area contributed by atoms with E-state index < -0.39 is 0 Å². The summed E-state index contributed by atoms with van der Waals surface area (Å²) in [5.74, 6) is 0.760. The van der Waals surface area contributed by atoms with Crippen molar-refractivity contribution in [2.24, 2.45) is 0 Å². The van der Waals surface area contributed by atoms with Crippen molar-refractivity contribution in [3.63, 3.8) is 0 Å². The van der Waals surface area contributed by atoms with Crippen molar-refractivity contribution in [1.82, 2.24) is 18.7 Å². The van der Waals surface area contributed by atoms with Gasteiger partial charge in [0, 0.05) is 6.54 Å². The molecule has 0 saturated carbocycles. The lowest BCUT2D eigenvalue weighted by molar-refractivity contribution is 1.13. The number of anilines is 1. The van der Waals surface area contributed by atoms with E-state index in [0.717, 1.165) is 29.6 Å². The summed E-state index contributed by atoms with van der Waals surface area (Å²) in [6.45, 7) is 2.83. The summed E-state index contributed by atoms with van der Waals surface area (Å²) in [5, 5.41) is 3.09. The lowest BCUT2D eigenvalue weighted by atomic mass is 10.5. The monoisotopic (exact) mass is 181 g/mol. The molecule has 5 nitrogen and oxygen atoms in total. The van der Waals surface area contributed by atoms with Gasteiger partial charge >= 0.3 is 0 Å². The fraction of sp³-hybridized carbons (Fsp3) is 0.333. The second-order valence-electron chi connectivity index (χ2n) is 2.19. The van der Waals surface area contributed by atoms with E-state index in [1.807, 2.05) is 6.92 Å². The van der Waals surface area contributed by atoms with E-state index in [2.05, 4.69) is 24.0 Å². The van der Waals surface area contributed by atoms with Gasteiger partial charge in [0.15, 0.2) is 17.0 Å². The van der Waals surface area contributed by atoms with Gasteiger partial charge in [-0.2, -0.15) is 8.75 Å². The lowest BCUT2D eigenvalue weighted by Gasteiger charge is -1.99. The summed E-state index contributed by atoms with van der Waals surface area (Å²) in [6, 6.07) is 0. The number of nitrogens with zero attached hydrogens (tertiary/aromatic N) is 4. The molecule has 0 aliphatic heterocycles. The zero-order valence-electron chi connectivity index (χ0n) is 6.48. The maximum Gasteiger partial charge on any atom is 0.198 e. The molecule has 0 aromatic carbocycles. The van der Waals surface area contributed by atoms with Crippen molar-refractivity contribution >= 4 is 28.7 Å². The lowest BCUT2D eigenvalue weighted by Crippen LogP contribution is -2.00. The van der Waals surface area contributed by atoms with Crippen LogP contribution in [0.5, 0.6) is 0 Å². The molecule has 0 aliphatic rings. The predicted molar refractivity (Wildman–Crippen MR) is 47.2 cm³/mol. The van der Waals surface area contributed by atoms with Crippen molar-refractivity contribution in [3.05, 3.63) is 6.33 Å². The molecular formula is C6H7N5S. The summed E-state index contributed by atoms with van der Waals surface area (Å²) >= 11 is 1.15. The van der Waals surface area contributed by atoms with Gasteiger partial charge in [-0.3, -0.25) is 0 Å². The summed E-state index contributed by atoms with van der Waals surface area (Å²) in [4.78, 5) is 8.02. The van der Waals surface area contributed by atoms with Gasteiger partial charge in [0.2, 0.25) is 0 Å². The van der Waals surface area contributed by atoms with Crippen LogP contribution in [0.2, 0.25) is 0 Å². The van der Waals surface area contributed by atoms with Crippen LogP contribution in [0.3, 0.4) is 0 Å².